The molecule has 2 aromatic carbocycles. The molecule has 2 fully saturated rings. The molecule has 2 bridgehead atoms. The highest BCUT2D eigenvalue weighted by Crippen LogP contribution is 2.41. The third kappa shape index (κ3) is 5.00. The number of fused-ring (bicyclic) bond motifs is 3. The third-order valence-corrected chi connectivity index (χ3v) is 7.40. The van der Waals surface area contributed by atoms with Gasteiger partial charge in [0.05, 0.1) is 21.2 Å². The molecule has 3 atom stereocenters. The molecule has 0 saturated carbocycles. The number of carbonyl (C=O) groups is 1. The zero-order chi connectivity index (χ0) is 26.3. The fourth-order valence-corrected chi connectivity index (χ4v) is 5.37. The quantitative estimate of drug-likeness (QED) is 0.266. The van der Waals surface area contributed by atoms with Crippen molar-refractivity contribution in [2.24, 2.45) is 0 Å². The summed E-state index contributed by atoms with van der Waals surface area (Å²) in [7, 11) is 0. The van der Waals surface area contributed by atoms with Gasteiger partial charge in [-0.25, -0.2) is 14.4 Å². The van der Waals surface area contributed by atoms with Gasteiger partial charge in [0, 0.05) is 36.4 Å². The predicted octanol–water partition coefficient (Wildman–Crippen LogP) is 6.51. The topological polar surface area (TPSA) is 76.6 Å². The van der Waals surface area contributed by atoms with E-state index in [0.717, 1.165) is 12.8 Å². The number of nitrogens with one attached hydrogen (secondary N) is 1. The maximum atomic E-state index is 14.7. The molecular formula is C25H21Cl2F3N4O3. The molecule has 2 aliphatic rings. The van der Waals surface area contributed by atoms with Gasteiger partial charge in [-0.05, 0) is 37.1 Å². The van der Waals surface area contributed by atoms with Crippen LogP contribution >= 0.6 is 23.2 Å². The summed E-state index contributed by atoms with van der Waals surface area (Å²) in [6.07, 6.45) is 4.91. The summed E-state index contributed by atoms with van der Waals surface area (Å²) < 4.78 is 52.0. The molecule has 194 valence electrons. The second kappa shape index (κ2) is 10.3. The van der Waals surface area contributed by atoms with Crippen LogP contribution in [0.3, 0.4) is 0 Å². The van der Waals surface area contributed by atoms with Crippen molar-refractivity contribution >= 4 is 51.5 Å². The van der Waals surface area contributed by atoms with Gasteiger partial charge in [0.1, 0.15) is 18.2 Å². The number of benzene rings is 2. The summed E-state index contributed by atoms with van der Waals surface area (Å²) in [5.41, 5.74) is 0.285. The second-order valence-electron chi connectivity index (χ2n) is 8.81. The van der Waals surface area contributed by atoms with Crippen LogP contribution in [0.5, 0.6) is 11.5 Å². The van der Waals surface area contributed by atoms with Gasteiger partial charge in [-0.2, -0.15) is 8.78 Å². The summed E-state index contributed by atoms with van der Waals surface area (Å²) in [4.78, 5) is 22.4. The first kappa shape index (κ1) is 25.4. The zero-order valence-corrected chi connectivity index (χ0v) is 20.8. The van der Waals surface area contributed by atoms with Gasteiger partial charge in [-0.1, -0.05) is 29.8 Å². The van der Waals surface area contributed by atoms with Crippen molar-refractivity contribution in [3.05, 3.63) is 59.1 Å². The summed E-state index contributed by atoms with van der Waals surface area (Å²) in [5.74, 6) is -0.827. The molecule has 0 spiro atoms. The smallest absolute Gasteiger partial charge is 0.387 e. The lowest BCUT2D eigenvalue weighted by Gasteiger charge is -2.38. The Labute approximate surface area is 220 Å². The van der Waals surface area contributed by atoms with Crippen LogP contribution in [0.25, 0.3) is 10.9 Å². The van der Waals surface area contributed by atoms with Crippen LogP contribution in [0.15, 0.2) is 43.2 Å². The highest BCUT2D eigenvalue weighted by molar-refractivity contribution is 6.42. The molecule has 1 N–H and O–H groups in total. The van der Waals surface area contributed by atoms with Crippen molar-refractivity contribution < 1.29 is 27.4 Å². The molecule has 12 heteroatoms. The monoisotopic (exact) mass is 552 g/mol. The van der Waals surface area contributed by atoms with E-state index in [1.165, 1.54) is 36.7 Å². The molecule has 5 rings (SSSR count). The first-order valence-electron chi connectivity index (χ1n) is 11.5. The minimum atomic E-state index is -3.09. The van der Waals surface area contributed by atoms with E-state index < -0.39 is 12.4 Å². The Balaban J connectivity index is 1.48. The number of hydrogen-bond donors (Lipinski definition) is 1. The molecule has 1 unspecified atom stereocenters. The Bertz CT molecular complexity index is 1360. The van der Waals surface area contributed by atoms with Gasteiger partial charge in [0.2, 0.25) is 5.91 Å². The molecule has 0 radical (unpaired) electrons. The van der Waals surface area contributed by atoms with E-state index in [2.05, 4.69) is 21.9 Å². The van der Waals surface area contributed by atoms with E-state index in [-0.39, 0.29) is 62.7 Å². The maximum absolute atomic E-state index is 14.7. The van der Waals surface area contributed by atoms with Crippen LogP contribution in [-0.2, 0) is 4.79 Å². The number of amides is 1. The van der Waals surface area contributed by atoms with Crippen LogP contribution in [0.4, 0.5) is 24.7 Å². The minimum Gasteiger partial charge on any atom is -0.486 e. The van der Waals surface area contributed by atoms with E-state index in [1.54, 1.807) is 0 Å². The molecule has 2 aliphatic heterocycles. The number of rotatable bonds is 7. The number of hydrogen-bond acceptors (Lipinski definition) is 6. The molecule has 3 aromatic rings. The van der Waals surface area contributed by atoms with Crippen LogP contribution < -0.4 is 14.8 Å². The van der Waals surface area contributed by atoms with E-state index in [0.29, 0.717) is 18.2 Å². The number of aromatic nitrogens is 2. The van der Waals surface area contributed by atoms with Crippen molar-refractivity contribution in [1.82, 2.24) is 14.9 Å². The SMILES string of the molecule is C=CC(=O)N1[C@@H]2CC[C@H]1CC(Oc1cc3c(Nc4ccc(Cl)c(Cl)c4F)ncnc3cc1OC(F)F)C2. The maximum Gasteiger partial charge on any atom is 0.387 e. The molecular weight excluding hydrogens is 532 g/mol. The predicted molar refractivity (Wildman–Crippen MR) is 133 cm³/mol. The normalized spacial score (nSPS) is 20.8. The van der Waals surface area contributed by atoms with Crippen molar-refractivity contribution in [3.8, 4) is 11.5 Å². The average Bonchev–Trinajstić information content (AvgIpc) is 3.14. The number of ether oxygens (including phenoxy) is 2. The van der Waals surface area contributed by atoms with Gasteiger partial charge < -0.3 is 19.7 Å². The lowest BCUT2D eigenvalue weighted by Crippen LogP contribution is -2.48. The number of piperidine rings is 1. The van der Waals surface area contributed by atoms with Crippen LogP contribution in [-0.4, -0.2) is 45.6 Å². The molecule has 1 aromatic heterocycles. The number of anilines is 2. The molecule has 1 amide bonds. The van der Waals surface area contributed by atoms with E-state index in [9.17, 15) is 18.0 Å². The Morgan fingerprint density at radius 1 is 1.16 bits per heavy atom. The average molecular weight is 553 g/mol. The van der Waals surface area contributed by atoms with Crippen molar-refractivity contribution in [2.75, 3.05) is 5.32 Å². The molecule has 7 nitrogen and oxygen atoms in total. The summed E-state index contributed by atoms with van der Waals surface area (Å²) in [6, 6.07) is 5.59. The Hall–Kier alpha value is -3.24. The van der Waals surface area contributed by atoms with Crippen molar-refractivity contribution in [1.29, 1.82) is 0 Å². The molecule has 37 heavy (non-hydrogen) atoms. The first-order chi connectivity index (χ1) is 17.7. The largest absolute Gasteiger partial charge is 0.486 e. The number of nitrogens with zero attached hydrogens (tertiary/aromatic N) is 3. The Morgan fingerprint density at radius 3 is 2.57 bits per heavy atom. The molecule has 3 heterocycles. The van der Waals surface area contributed by atoms with Gasteiger partial charge in [-0.15, -0.1) is 0 Å². The molecule has 2 saturated heterocycles. The lowest BCUT2D eigenvalue weighted by atomic mass is 9.99. The standard InChI is InChI=1S/C25H21Cl2F3N4O3/c1-2-21(35)34-12-3-4-13(34)8-14(7-12)36-19-9-15-18(10-20(19)37-25(29)30)31-11-32-24(15)33-17-6-5-16(26)22(27)23(17)28/h2,5-6,9-14,25H,1,3-4,7-8H2,(H,31,32,33)/t12-,13+,14?. The van der Waals surface area contributed by atoms with Crippen molar-refractivity contribution in [2.45, 2.75) is 50.5 Å². The lowest BCUT2D eigenvalue weighted by molar-refractivity contribution is -0.131. The summed E-state index contributed by atoms with van der Waals surface area (Å²) >= 11 is 11.8. The van der Waals surface area contributed by atoms with E-state index in [4.69, 9.17) is 32.7 Å². The second-order valence-corrected chi connectivity index (χ2v) is 9.60. The van der Waals surface area contributed by atoms with Crippen LogP contribution in [0.2, 0.25) is 10.0 Å². The third-order valence-electron chi connectivity index (χ3n) is 6.62. The van der Waals surface area contributed by atoms with Gasteiger partial charge in [-0.3, -0.25) is 4.79 Å². The number of halogens is 5. The Kier molecular flexibility index (Phi) is 7.04. The van der Waals surface area contributed by atoms with Gasteiger partial charge in [0.15, 0.2) is 17.3 Å². The zero-order valence-electron chi connectivity index (χ0n) is 19.3. The summed E-state index contributed by atoms with van der Waals surface area (Å²) in [6.45, 7) is 0.485. The van der Waals surface area contributed by atoms with Crippen LogP contribution in [0, 0.1) is 5.82 Å². The van der Waals surface area contributed by atoms with E-state index in [1.807, 2.05) is 4.90 Å². The minimum absolute atomic E-state index is 0.0145. The number of alkyl halides is 2. The fourth-order valence-electron chi connectivity index (χ4n) is 5.06. The number of carbonyl (C=O) groups excluding carboxylic acids is 1. The van der Waals surface area contributed by atoms with Crippen molar-refractivity contribution in [3.63, 3.8) is 0 Å². The van der Waals surface area contributed by atoms with Gasteiger partial charge in [0.25, 0.3) is 0 Å². The highest BCUT2D eigenvalue weighted by Gasteiger charge is 2.43. The van der Waals surface area contributed by atoms with Gasteiger partial charge >= 0.3 is 6.61 Å². The summed E-state index contributed by atoms with van der Waals surface area (Å²) in [5, 5.41) is 3.04. The molecule has 0 aliphatic carbocycles. The van der Waals surface area contributed by atoms with Crippen LogP contribution in [0.1, 0.15) is 25.7 Å². The first-order valence-corrected chi connectivity index (χ1v) is 12.3. The highest BCUT2D eigenvalue weighted by atomic mass is 35.5. The Morgan fingerprint density at radius 2 is 1.89 bits per heavy atom. The fraction of sp³-hybridized carbons (Fsp3) is 0.320. The van der Waals surface area contributed by atoms with E-state index >= 15 is 0 Å².